The third kappa shape index (κ3) is 2.09. The van der Waals surface area contributed by atoms with Crippen LogP contribution in [0.3, 0.4) is 0 Å². The number of hydrogen-bond donors (Lipinski definition) is 3. The normalized spacial score (nSPS) is 10.9. The molecule has 102 valence electrons. The van der Waals surface area contributed by atoms with Gasteiger partial charge in [-0.3, -0.25) is 4.98 Å². The van der Waals surface area contributed by atoms with Crippen LogP contribution in [0.5, 0.6) is 0 Å². The Balaban J connectivity index is 2.02. The molecule has 0 radical (unpaired) electrons. The molecule has 3 rings (SSSR count). The molecule has 0 saturated carbocycles. The van der Waals surface area contributed by atoms with E-state index in [2.05, 4.69) is 10.3 Å². The summed E-state index contributed by atoms with van der Waals surface area (Å²) in [5.74, 6) is -2.49. The van der Waals surface area contributed by atoms with Gasteiger partial charge in [0.15, 0.2) is 17.2 Å². The fourth-order valence-electron chi connectivity index (χ4n) is 1.85. The standard InChI is InChI=1S/C13H9F2N3O2/c14-7-2-1-6(3-8(7)15)17-10-5-11-12(4-9(10)16)20-13(19)18-11/h1-5,17H,16H2,(H,18,19). The Hall–Kier alpha value is -2.83. The van der Waals surface area contributed by atoms with E-state index in [4.69, 9.17) is 10.2 Å². The second-order valence-electron chi connectivity index (χ2n) is 4.20. The summed E-state index contributed by atoms with van der Waals surface area (Å²) in [5, 5.41) is 2.85. The molecular weight excluding hydrogens is 268 g/mol. The molecule has 0 fully saturated rings. The van der Waals surface area contributed by atoms with Crippen molar-refractivity contribution in [2.24, 2.45) is 0 Å². The van der Waals surface area contributed by atoms with Crippen molar-refractivity contribution in [3.63, 3.8) is 0 Å². The monoisotopic (exact) mass is 277 g/mol. The first kappa shape index (κ1) is 12.2. The molecule has 0 unspecified atom stereocenters. The number of nitrogen functional groups attached to an aromatic ring is 1. The van der Waals surface area contributed by atoms with E-state index in [1.807, 2.05) is 0 Å². The smallest absolute Gasteiger partial charge is 0.408 e. The SMILES string of the molecule is Nc1cc2oc(=O)[nH]c2cc1Nc1ccc(F)c(F)c1. The van der Waals surface area contributed by atoms with Gasteiger partial charge < -0.3 is 15.5 Å². The zero-order valence-electron chi connectivity index (χ0n) is 10.0. The van der Waals surface area contributed by atoms with E-state index >= 15 is 0 Å². The Kier molecular flexibility index (Phi) is 2.67. The van der Waals surface area contributed by atoms with E-state index in [0.717, 1.165) is 12.1 Å². The summed E-state index contributed by atoms with van der Waals surface area (Å²) in [6, 6.07) is 6.41. The van der Waals surface area contributed by atoms with Gasteiger partial charge >= 0.3 is 5.76 Å². The van der Waals surface area contributed by atoms with Crippen LogP contribution in [0.2, 0.25) is 0 Å². The van der Waals surface area contributed by atoms with Crippen molar-refractivity contribution < 1.29 is 13.2 Å². The molecular formula is C13H9F2N3O2. The lowest BCUT2D eigenvalue weighted by Gasteiger charge is -2.09. The zero-order valence-corrected chi connectivity index (χ0v) is 10.0. The van der Waals surface area contributed by atoms with Crippen molar-refractivity contribution in [2.45, 2.75) is 0 Å². The second kappa shape index (κ2) is 4.37. The number of aromatic amines is 1. The van der Waals surface area contributed by atoms with Crippen LogP contribution in [-0.4, -0.2) is 4.98 Å². The molecule has 0 saturated heterocycles. The van der Waals surface area contributed by atoms with Crippen LogP contribution in [0.1, 0.15) is 0 Å². The number of oxazole rings is 1. The molecule has 0 aliphatic rings. The first-order valence-electron chi connectivity index (χ1n) is 5.67. The maximum atomic E-state index is 13.1. The molecule has 20 heavy (non-hydrogen) atoms. The quantitative estimate of drug-likeness (QED) is 0.629. The zero-order chi connectivity index (χ0) is 14.3. The predicted octanol–water partition coefficient (Wildman–Crippen LogP) is 2.73. The number of anilines is 3. The molecule has 0 atom stereocenters. The number of rotatable bonds is 2. The highest BCUT2D eigenvalue weighted by Crippen LogP contribution is 2.28. The molecule has 4 N–H and O–H groups in total. The molecule has 1 heterocycles. The lowest BCUT2D eigenvalue weighted by Crippen LogP contribution is -1.97. The van der Waals surface area contributed by atoms with Crippen LogP contribution < -0.4 is 16.8 Å². The number of H-pyrrole nitrogens is 1. The Morgan fingerprint density at radius 2 is 1.95 bits per heavy atom. The number of benzene rings is 2. The summed E-state index contributed by atoms with van der Waals surface area (Å²) in [6.45, 7) is 0. The highest BCUT2D eigenvalue weighted by Gasteiger charge is 2.08. The van der Waals surface area contributed by atoms with E-state index < -0.39 is 17.4 Å². The molecule has 5 nitrogen and oxygen atoms in total. The molecule has 0 aliphatic carbocycles. The molecule has 0 spiro atoms. The van der Waals surface area contributed by atoms with E-state index in [9.17, 15) is 13.6 Å². The minimum absolute atomic E-state index is 0.310. The summed E-state index contributed by atoms with van der Waals surface area (Å²) in [6.07, 6.45) is 0. The minimum Gasteiger partial charge on any atom is -0.408 e. The van der Waals surface area contributed by atoms with E-state index in [0.29, 0.717) is 28.2 Å². The summed E-state index contributed by atoms with van der Waals surface area (Å²) in [7, 11) is 0. The third-order valence-electron chi connectivity index (χ3n) is 2.79. The van der Waals surface area contributed by atoms with Crippen LogP contribution >= 0.6 is 0 Å². The summed E-state index contributed by atoms with van der Waals surface area (Å²) in [4.78, 5) is 13.6. The van der Waals surface area contributed by atoms with Gasteiger partial charge in [-0.15, -0.1) is 0 Å². The lowest BCUT2D eigenvalue weighted by atomic mass is 10.2. The van der Waals surface area contributed by atoms with Crippen molar-refractivity contribution in [3.05, 3.63) is 52.5 Å². The average Bonchev–Trinajstić information content (AvgIpc) is 2.73. The van der Waals surface area contributed by atoms with Gasteiger partial charge in [-0.1, -0.05) is 0 Å². The number of halogens is 2. The Morgan fingerprint density at radius 3 is 2.70 bits per heavy atom. The number of fused-ring (bicyclic) bond motifs is 1. The Morgan fingerprint density at radius 1 is 1.15 bits per heavy atom. The Labute approximate surface area is 111 Å². The third-order valence-corrected chi connectivity index (χ3v) is 2.79. The fraction of sp³-hybridized carbons (Fsp3) is 0. The van der Waals surface area contributed by atoms with Crippen molar-refractivity contribution in [1.29, 1.82) is 0 Å². The highest BCUT2D eigenvalue weighted by atomic mass is 19.2. The predicted molar refractivity (Wildman–Crippen MR) is 70.9 cm³/mol. The van der Waals surface area contributed by atoms with Crippen molar-refractivity contribution in [2.75, 3.05) is 11.1 Å². The molecule has 7 heteroatoms. The summed E-state index contributed by atoms with van der Waals surface area (Å²) < 4.78 is 30.8. The summed E-state index contributed by atoms with van der Waals surface area (Å²) in [5.41, 5.74) is 7.67. The number of nitrogens with two attached hydrogens (primary N) is 1. The minimum atomic E-state index is -0.966. The second-order valence-corrected chi connectivity index (χ2v) is 4.20. The van der Waals surface area contributed by atoms with Gasteiger partial charge in [-0.2, -0.15) is 0 Å². The van der Waals surface area contributed by atoms with Crippen LogP contribution in [0.25, 0.3) is 11.1 Å². The van der Waals surface area contributed by atoms with E-state index in [1.165, 1.54) is 12.1 Å². The van der Waals surface area contributed by atoms with Gasteiger partial charge in [-0.05, 0) is 18.2 Å². The van der Waals surface area contributed by atoms with Gasteiger partial charge in [0.05, 0.1) is 16.9 Å². The van der Waals surface area contributed by atoms with Gasteiger partial charge in [0, 0.05) is 17.8 Å². The van der Waals surface area contributed by atoms with Crippen molar-refractivity contribution in [3.8, 4) is 0 Å². The molecule has 1 aromatic heterocycles. The fourth-order valence-corrected chi connectivity index (χ4v) is 1.85. The largest absolute Gasteiger partial charge is 0.417 e. The average molecular weight is 277 g/mol. The van der Waals surface area contributed by atoms with Gasteiger partial charge in [-0.25, -0.2) is 13.6 Å². The van der Waals surface area contributed by atoms with E-state index in [1.54, 1.807) is 6.07 Å². The molecule has 0 amide bonds. The Bertz CT molecular complexity index is 854. The van der Waals surface area contributed by atoms with Crippen LogP contribution in [0, 0.1) is 11.6 Å². The first-order valence-corrected chi connectivity index (χ1v) is 5.67. The van der Waals surface area contributed by atoms with Crippen LogP contribution in [0.15, 0.2) is 39.5 Å². The molecule has 2 aromatic carbocycles. The van der Waals surface area contributed by atoms with Gasteiger partial charge in [0.25, 0.3) is 0 Å². The van der Waals surface area contributed by atoms with Crippen molar-refractivity contribution >= 4 is 28.2 Å². The highest BCUT2D eigenvalue weighted by molar-refractivity contribution is 5.86. The number of nitrogens with one attached hydrogen (secondary N) is 2. The maximum absolute atomic E-state index is 13.1. The molecule has 3 aromatic rings. The summed E-state index contributed by atoms with van der Waals surface area (Å²) >= 11 is 0. The lowest BCUT2D eigenvalue weighted by molar-refractivity contribution is 0.509. The van der Waals surface area contributed by atoms with Gasteiger partial charge in [0.2, 0.25) is 0 Å². The number of hydrogen-bond acceptors (Lipinski definition) is 4. The van der Waals surface area contributed by atoms with E-state index in [-0.39, 0.29) is 0 Å². The van der Waals surface area contributed by atoms with Crippen molar-refractivity contribution in [1.82, 2.24) is 4.98 Å². The topological polar surface area (TPSA) is 84.0 Å². The first-order chi connectivity index (χ1) is 9.52. The van der Waals surface area contributed by atoms with Crippen LogP contribution in [-0.2, 0) is 0 Å². The molecule has 0 aliphatic heterocycles. The molecule has 0 bridgehead atoms. The van der Waals surface area contributed by atoms with Crippen LogP contribution in [0.4, 0.5) is 25.8 Å². The number of aromatic nitrogens is 1. The van der Waals surface area contributed by atoms with Gasteiger partial charge in [0.1, 0.15) is 0 Å². The maximum Gasteiger partial charge on any atom is 0.417 e.